The molecule has 1 fully saturated rings. The Bertz CT molecular complexity index is 855. The SMILES string of the molecule is O=C(c1cccc(NC(c2ccccc2)c2ncc[nH]2)c1)N1CCCC1. The standard InChI is InChI=1S/C21H22N4O/c26-21(25-13-4-5-14-25)17-9-6-10-18(15-17)24-19(20-22-11-12-23-20)16-7-2-1-3-8-16/h1-3,6-12,15,19,24H,4-5,13-14H2,(H,22,23). The van der Waals surface area contributed by atoms with Gasteiger partial charge in [-0.15, -0.1) is 0 Å². The van der Waals surface area contributed by atoms with Crippen LogP contribution in [0.5, 0.6) is 0 Å². The highest BCUT2D eigenvalue weighted by Gasteiger charge is 2.21. The summed E-state index contributed by atoms with van der Waals surface area (Å²) in [6.45, 7) is 1.71. The molecule has 4 rings (SSSR count). The number of rotatable bonds is 5. The Morgan fingerprint density at radius 2 is 1.88 bits per heavy atom. The lowest BCUT2D eigenvalue weighted by Crippen LogP contribution is -2.27. The summed E-state index contributed by atoms with van der Waals surface area (Å²) in [5, 5.41) is 3.52. The fourth-order valence-electron chi connectivity index (χ4n) is 3.40. The molecule has 5 nitrogen and oxygen atoms in total. The van der Waals surface area contributed by atoms with Gasteiger partial charge in [-0.2, -0.15) is 0 Å². The Morgan fingerprint density at radius 3 is 2.62 bits per heavy atom. The third-order valence-electron chi connectivity index (χ3n) is 4.74. The van der Waals surface area contributed by atoms with Gasteiger partial charge < -0.3 is 15.2 Å². The van der Waals surface area contributed by atoms with Crippen LogP contribution in [0.15, 0.2) is 67.0 Å². The molecule has 0 bridgehead atoms. The van der Waals surface area contributed by atoms with Gasteiger partial charge in [-0.3, -0.25) is 4.79 Å². The van der Waals surface area contributed by atoms with Crippen molar-refractivity contribution in [3.8, 4) is 0 Å². The molecule has 0 spiro atoms. The number of H-pyrrole nitrogens is 1. The molecule has 2 aromatic carbocycles. The van der Waals surface area contributed by atoms with E-state index in [0.29, 0.717) is 0 Å². The average Bonchev–Trinajstić information content (AvgIpc) is 3.40. The van der Waals surface area contributed by atoms with Gasteiger partial charge in [0.05, 0.1) is 0 Å². The van der Waals surface area contributed by atoms with E-state index in [0.717, 1.165) is 48.6 Å². The number of carbonyl (C=O) groups is 1. The zero-order valence-corrected chi connectivity index (χ0v) is 14.6. The largest absolute Gasteiger partial charge is 0.372 e. The first kappa shape index (κ1) is 16.4. The normalized spacial score (nSPS) is 15.0. The first-order valence-corrected chi connectivity index (χ1v) is 9.01. The molecular formula is C21H22N4O. The van der Waals surface area contributed by atoms with Crippen molar-refractivity contribution in [3.05, 3.63) is 83.9 Å². The van der Waals surface area contributed by atoms with Crippen molar-refractivity contribution in [1.82, 2.24) is 14.9 Å². The maximum absolute atomic E-state index is 12.7. The lowest BCUT2D eigenvalue weighted by molar-refractivity contribution is 0.0793. The smallest absolute Gasteiger partial charge is 0.253 e. The van der Waals surface area contributed by atoms with Crippen molar-refractivity contribution >= 4 is 11.6 Å². The van der Waals surface area contributed by atoms with Gasteiger partial charge in [0.25, 0.3) is 5.91 Å². The Morgan fingerprint density at radius 1 is 1.08 bits per heavy atom. The maximum atomic E-state index is 12.7. The van der Waals surface area contributed by atoms with Crippen LogP contribution >= 0.6 is 0 Å². The number of aromatic nitrogens is 2. The molecule has 5 heteroatoms. The van der Waals surface area contributed by atoms with Crippen LogP contribution in [0.4, 0.5) is 5.69 Å². The number of anilines is 1. The molecular weight excluding hydrogens is 324 g/mol. The summed E-state index contributed by atoms with van der Waals surface area (Å²) in [7, 11) is 0. The van der Waals surface area contributed by atoms with Crippen molar-refractivity contribution in [3.63, 3.8) is 0 Å². The monoisotopic (exact) mass is 346 g/mol. The second-order valence-corrected chi connectivity index (χ2v) is 6.54. The Hall–Kier alpha value is -3.08. The Labute approximate surface area is 153 Å². The lowest BCUT2D eigenvalue weighted by Gasteiger charge is -2.20. The van der Waals surface area contributed by atoms with E-state index < -0.39 is 0 Å². The second kappa shape index (κ2) is 7.44. The molecule has 1 aromatic heterocycles. The molecule has 1 aliphatic rings. The van der Waals surface area contributed by atoms with Crippen molar-refractivity contribution in [2.45, 2.75) is 18.9 Å². The average molecular weight is 346 g/mol. The van der Waals surface area contributed by atoms with E-state index in [-0.39, 0.29) is 11.9 Å². The summed E-state index contributed by atoms with van der Waals surface area (Å²) < 4.78 is 0. The molecule has 1 saturated heterocycles. The van der Waals surface area contributed by atoms with Gasteiger partial charge in [-0.1, -0.05) is 36.4 Å². The van der Waals surface area contributed by atoms with E-state index in [9.17, 15) is 4.79 Å². The molecule has 1 atom stereocenters. The molecule has 1 amide bonds. The minimum Gasteiger partial charge on any atom is -0.372 e. The highest BCUT2D eigenvalue weighted by atomic mass is 16.2. The summed E-state index contributed by atoms with van der Waals surface area (Å²) >= 11 is 0. The van der Waals surface area contributed by atoms with Gasteiger partial charge in [-0.05, 0) is 36.6 Å². The molecule has 0 radical (unpaired) electrons. The third kappa shape index (κ3) is 3.47. The number of likely N-dealkylation sites (tertiary alicyclic amines) is 1. The topological polar surface area (TPSA) is 61.0 Å². The molecule has 0 saturated carbocycles. The third-order valence-corrected chi connectivity index (χ3v) is 4.74. The number of imidazole rings is 1. The van der Waals surface area contributed by atoms with Crippen molar-refractivity contribution in [1.29, 1.82) is 0 Å². The number of amides is 1. The fraction of sp³-hybridized carbons (Fsp3) is 0.238. The van der Waals surface area contributed by atoms with Gasteiger partial charge >= 0.3 is 0 Å². The Balaban J connectivity index is 1.60. The minimum atomic E-state index is -0.108. The molecule has 3 aromatic rings. The highest BCUT2D eigenvalue weighted by molar-refractivity contribution is 5.95. The number of aromatic amines is 1. The van der Waals surface area contributed by atoms with Crippen LogP contribution in [0.2, 0.25) is 0 Å². The summed E-state index contributed by atoms with van der Waals surface area (Å²) in [5.74, 6) is 0.952. The van der Waals surface area contributed by atoms with Crippen molar-refractivity contribution < 1.29 is 4.79 Å². The maximum Gasteiger partial charge on any atom is 0.253 e. The van der Waals surface area contributed by atoms with Gasteiger partial charge in [0.1, 0.15) is 11.9 Å². The highest BCUT2D eigenvalue weighted by Crippen LogP contribution is 2.25. The molecule has 1 unspecified atom stereocenters. The van der Waals surface area contributed by atoms with E-state index >= 15 is 0 Å². The van der Waals surface area contributed by atoms with Crippen LogP contribution in [0.3, 0.4) is 0 Å². The summed E-state index contributed by atoms with van der Waals surface area (Å²) in [6, 6.07) is 17.8. The molecule has 2 heterocycles. The molecule has 0 aliphatic carbocycles. The number of nitrogens with zero attached hydrogens (tertiary/aromatic N) is 2. The van der Waals surface area contributed by atoms with Crippen LogP contribution in [0.1, 0.15) is 40.6 Å². The van der Waals surface area contributed by atoms with E-state index in [4.69, 9.17) is 0 Å². The molecule has 26 heavy (non-hydrogen) atoms. The van der Waals surface area contributed by atoms with E-state index in [1.54, 1.807) is 6.20 Å². The predicted octanol–water partition coefficient (Wildman–Crippen LogP) is 3.85. The minimum absolute atomic E-state index is 0.108. The van der Waals surface area contributed by atoms with Gasteiger partial charge in [-0.25, -0.2) is 4.98 Å². The molecule has 1 aliphatic heterocycles. The number of hydrogen-bond donors (Lipinski definition) is 2. The second-order valence-electron chi connectivity index (χ2n) is 6.54. The zero-order chi connectivity index (χ0) is 17.8. The predicted molar refractivity (Wildman–Crippen MR) is 102 cm³/mol. The molecule has 132 valence electrons. The van der Waals surface area contributed by atoms with Gasteiger partial charge in [0.2, 0.25) is 0 Å². The van der Waals surface area contributed by atoms with Crippen LogP contribution in [-0.4, -0.2) is 33.9 Å². The van der Waals surface area contributed by atoms with Gasteiger partial charge in [0.15, 0.2) is 0 Å². The first-order chi connectivity index (χ1) is 12.8. The quantitative estimate of drug-likeness (QED) is 0.738. The summed E-state index contributed by atoms with van der Waals surface area (Å²) in [6.07, 6.45) is 5.76. The molecule has 2 N–H and O–H groups in total. The van der Waals surface area contributed by atoms with Gasteiger partial charge in [0, 0.05) is 36.7 Å². The van der Waals surface area contributed by atoms with Crippen molar-refractivity contribution in [2.75, 3.05) is 18.4 Å². The fourth-order valence-corrected chi connectivity index (χ4v) is 3.40. The number of nitrogens with one attached hydrogen (secondary N) is 2. The lowest BCUT2D eigenvalue weighted by atomic mass is 10.1. The van der Waals surface area contributed by atoms with E-state index in [1.165, 1.54) is 0 Å². The number of benzene rings is 2. The van der Waals surface area contributed by atoms with E-state index in [1.807, 2.05) is 53.6 Å². The van der Waals surface area contributed by atoms with Crippen molar-refractivity contribution in [2.24, 2.45) is 0 Å². The van der Waals surface area contributed by atoms with E-state index in [2.05, 4.69) is 27.4 Å². The number of carbonyl (C=O) groups excluding carboxylic acids is 1. The first-order valence-electron chi connectivity index (χ1n) is 9.01. The summed E-state index contributed by atoms with van der Waals surface area (Å²) in [5.41, 5.74) is 2.74. The number of hydrogen-bond acceptors (Lipinski definition) is 3. The zero-order valence-electron chi connectivity index (χ0n) is 14.6. The van der Waals surface area contributed by atoms with Crippen LogP contribution in [0.25, 0.3) is 0 Å². The Kier molecular flexibility index (Phi) is 4.69. The summed E-state index contributed by atoms with van der Waals surface area (Å²) in [4.78, 5) is 22.2. The van der Waals surface area contributed by atoms with Crippen LogP contribution < -0.4 is 5.32 Å². The van der Waals surface area contributed by atoms with Crippen LogP contribution in [-0.2, 0) is 0 Å². The van der Waals surface area contributed by atoms with Crippen LogP contribution in [0, 0.1) is 0 Å².